The van der Waals surface area contributed by atoms with Crippen LogP contribution in [-0.2, 0) is 0 Å². The Hall–Kier alpha value is -1.42. The highest BCUT2D eigenvalue weighted by Gasteiger charge is 2.16. The first-order valence-corrected chi connectivity index (χ1v) is 6.25. The van der Waals surface area contributed by atoms with E-state index >= 15 is 0 Å². The third kappa shape index (κ3) is 3.53. The van der Waals surface area contributed by atoms with Crippen molar-refractivity contribution in [1.82, 2.24) is 5.32 Å². The fraction of sp³-hybridized carbons (Fsp3) is 0.571. The lowest BCUT2D eigenvalue weighted by Crippen LogP contribution is -2.41. The second-order valence-corrected chi connectivity index (χ2v) is 5.57. The van der Waals surface area contributed by atoms with Gasteiger partial charge < -0.3 is 19.5 Å². The Bertz CT molecular complexity index is 412. The minimum absolute atomic E-state index is 0.101. The minimum Gasteiger partial charge on any atom is -0.489 e. The first kappa shape index (κ1) is 13.0. The highest BCUT2D eigenvalue weighted by molar-refractivity contribution is 5.46. The summed E-state index contributed by atoms with van der Waals surface area (Å²) in [5.74, 6) is 2.34. The van der Waals surface area contributed by atoms with Gasteiger partial charge in [-0.1, -0.05) is 0 Å². The van der Waals surface area contributed by atoms with E-state index in [2.05, 4.69) is 26.1 Å². The number of nitrogens with one attached hydrogen (secondary N) is 1. The Morgan fingerprint density at radius 2 is 2.00 bits per heavy atom. The summed E-state index contributed by atoms with van der Waals surface area (Å²) in [7, 11) is 0. The molecule has 1 atom stereocenters. The molecule has 1 aromatic carbocycles. The molecule has 1 aliphatic heterocycles. The largest absolute Gasteiger partial charge is 0.489 e. The molecule has 1 heterocycles. The number of hydrogen-bond donors (Lipinski definition) is 1. The molecule has 0 saturated carbocycles. The molecular formula is C14H21NO3. The molecule has 1 aromatic rings. The number of rotatable bonds is 4. The van der Waals surface area contributed by atoms with Crippen molar-refractivity contribution in [3.63, 3.8) is 0 Å². The van der Waals surface area contributed by atoms with E-state index in [1.54, 1.807) is 0 Å². The fourth-order valence-corrected chi connectivity index (χ4v) is 1.67. The van der Waals surface area contributed by atoms with Gasteiger partial charge in [0, 0.05) is 18.2 Å². The summed E-state index contributed by atoms with van der Waals surface area (Å²) < 4.78 is 16.4. The van der Waals surface area contributed by atoms with E-state index < -0.39 is 0 Å². The van der Waals surface area contributed by atoms with Crippen LogP contribution in [0.3, 0.4) is 0 Å². The third-order valence-electron chi connectivity index (χ3n) is 2.60. The predicted octanol–water partition coefficient (Wildman–Crippen LogP) is 2.57. The Kier molecular flexibility index (Phi) is 3.66. The molecule has 0 aromatic heterocycles. The maximum atomic E-state index is 5.84. The predicted molar refractivity (Wildman–Crippen MR) is 70.4 cm³/mol. The second kappa shape index (κ2) is 5.06. The molecule has 1 N–H and O–H groups in total. The summed E-state index contributed by atoms with van der Waals surface area (Å²) in [6.07, 6.45) is 0.101. The first-order valence-electron chi connectivity index (χ1n) is 6.25. The average molecular weight is 251 g/mol. The van der Waals surface area contributed by atoms with E-state index in [4.69, 9.17) is 14.2 Å². The van der Waals surface area contributed by atoms with Crippen molar-refractivity contribution in [2.24, 2.45) is 0 Å². The molecule has 0 radical (unpaired) electrons. The smallest absolute Gasteiger partial charge is 0.231 e. The molecule has 0 saturated heterocycles. The minimum atomic E-state index is 0.101. The van der Waals surface area contributed by atoms with Crippen LogP contribution in [0.5, 0.6) is 17.2 Å². The van der Waals surface area contributed by atoms with E-state index in [0.717, 1.165) is 23.8 Å². The number of ether oxygens (including phenoxy) is 3. The van der Waals surface area contributed by atoms with Gasteiger partial charge in [-0.15, -0.1) is 0 Å². The molecule has 0 amide bonds. The molecule has 4 nitrogen and oxygen atoms in total. The molecule has 18 heavy (non-hydrogen) atoms. The molecule has 100 valence electrons. The summed E-state index contributed by atoms with van der Waals surface area (Å²) in [5.41, 5.74) is 0.104. The zero-order chi connectivity index (χ0) is 13.2. The van der Waals surface area contributed by atoms with Crippen molar-refractivity contribution in [3.8, 4) is 17.2 Å². The van der Waals surface area contributed by atoms with Crippen LogP contribution < -0.4 is 19.5 Å². The average Bonchev–Trinajstić information content (AvgIpc) is 2.72. The van der Waals surface area contributed by atoms with Crippen LogP contribution in [0.25, 0.3) is 0 Å². The summed E-state index contributed by atoms with van der Waals surface area (Å²) in [6, 6.07) is 5.65. The van der Waals surface area contributed by atoms with E-state index in [9.17, 15) is 0 Å². The van der Waals surface area contributed by atoms with Crippen molar-refractivity contribution in [3.05, 3.63) is 18.2 Å². The standard InChI is InChI=1S/C14H21NO3/c1-10(8-15-14(2,3)4)18-11-5-6-12-13(7-11)17-9-16-12/h5-7,10,15H,8-9H2,1-4H3. The maximum Gasteiger partial charge on any atom is 0.231 e. The quantitative estimate of drug-likeness (QED) is 0.892. The normalized spacial score (nSPS) is 15.6. The number of fused-ring (bicyclic) bond motifs is 1. The Morgan fingerprint density at radius 1 is 1.28 bits per heavy atom. The van der Waals surface area contributed by atoms with E-state index in [1.165, 1.54) is 0 Å². The van der Waals surface area contributed by atoms with Crippen molar-refractivity contribution in [1.29, 1.82) is 0 Å². The molecule has 2 rings (SSSR count). The van der Waals surface area contributed by atoms with Crippen molar-refractivity contribution < 1.29 is 14.2 Å². The zero-order valence-corrected chi connectivity index (χ0v) is 11.4. The van der Waals surface area contributed by atoms with Crippen LogP contribution in [0.15, 0.2) is 18.2 Å². The monoisotopic (exact) mass is 251 g/mol. The van der Waals surface area contributed by atoms with Crippen LogP contribution in [0.1, 0.15) is 27.7 Å². The molecule has 1 aliphatic rings. The maximum absolute atomic E-state index is 5.84. The van der Waals surface area contributed by atoms with Gasteiger partial charge in [0.1, 0.15) is 11.9 Å². The molecule has 0 bridgehead atoms. The zero-order valence-electron chi connectivity index (χ0n) is 11.4. The highest BCUT2D eigenvalue weighted by atomic mass is 16.7. The van der Waals surface area contributed by atoms with Gasteiger partial charge >= 0.3 is 0 Å². The van der Waals surface area contributed by atoms with Gasteiger partial charge in [-0.25, -0.2) is 0 Å². The fourth-order valence-electron chi connectivity index (χ4n) is 1.67. The van der Waals surface area contributed by atoms with E-state index in [0.29, 0.717) is 6.79 Å². The van der Waals surface area contributed by atoms with Crippen LogP contribution in [0, 0.1) is 0 Å². The molecule has 4 heteroatoms. The lowest BCUT2D eigenvalue weighted by molar-refractivity contribution is 0.173. The van der Waals surface area contributed by atoms with Gasteiger partial charge in [0.25, 0.3) is 0 Å². The topological polar surface area (TPSA) is 39.7 Å². The van der Waals surface area contributed by atoms with E-state index in [1.807, 2.05) is 25.1 Å². The lowest BCUT2D eigenvalue weighted by atomic mass is 10.1. The van der Waals surface area contributed by atoms with Gasteiger partial charge in [0.15, 0.2) is 11.5 Å². The van der Waals surface area contributed by atoms with Gasteiger partial charge in [0.05, 0.1) is 0 Å². The van der Waals surface area contributed by atoms with Gasteiger partial charge in [-0.3, -0.25) is 0 Å². The Labute approximate surface area is 108 Å². The van der Waals surface area contributed by atoms with Crippen LogP contribution >= 0.6 is 0 Å². The Balaban J connectivity index is 1.89. The first-order chi connectivity index (χ1) is 8.44. The van der Waals surface area contributed by atoms with Crippen molar-refractivity contribution >= 4 is 0 Å². The third-order valence-corrected chi connectivity index (χ3v) is 2.60. The SMILES string of the molecule is CC(CNC(C)(C)C)Oc1ccc2c(c1)OCO2. The summed E-state index contributed by atoms with van der Waals surface area (Å²) in [6.45, 7) is 9.56. The van der Waals surface area contributed by atoms with Crippen LogP contribution in [-0.4, -0.2) is 25.0 Å². The Morgan fingerprint density at radius 3 is 2.72 bits per heavy atom. The summed E-state index contributed by atoms with van der Waals surface area (Å²) >= 11 is 0. The molecule has 0 aliphatic carbocycles. The van der Waals surface area contributed by atoms with E-state index in [-0.39, 0.29) is 11.6 Å². The molecule has 1 unspecified atom stereocenters. The molecule has 0 fully saturated rings. The molecule has 0 spiro atoms. The highest BCUT2D eigenvalue weighted by Crippen LogP contribution is 2.35. The van der Waals surface area contributed by atoms with Crippen LogP contribution in [0.2, 0.25) is 0 Å². The number of hydrogen-bond acceptors (Lipinski definition) is 4. The second-order valence-electron chi connectivity index (χ2n) is 5.57. The van der Waals surface area contributed by atoms with Crippen LogP contribution in [0.4, 0.5) is 0 Å². The lowest BCUT2D eigenvalue weighted by Gasteiger charge is -2.24. The van der Waals surface area contributed by atoms with Crippen molar-refractivity contribution in [2.45, 2.75) is 39.3 Å². The number of benzene rings is 1. The van der Waals surface area contributed by atoms with Crippen molar-refractivity contribution in [2.75, 3.05) is 13.3 Å². The van der Waals surface area contributed by atoms with Gasteiger partial charge in [-0.05, 0) is 39.8 Å². The van der Waals surface area contributed by atoms with Gasteiger partial charge in [-0.2, -0.15) is 0 Å². The van der Waals surface area contributed by atoms with Gasteiger partial charge in [0.2, 0.25) is 6.79 Å². The summed E-state index contributed by atoms with van der Waals surface area (Å²) in [4.78, 5) is 0. The summed E-state index contributed by atoms with van der Waals surface area (Å²) in [5, 5.41) is 3.41. The molecular weight excluding hydrogens is 230 g/mol.